The SMILES string of the molecule is Cc1ccc(CC=Cc2ccccn2)c(N2CCCC2)c1.Cl. The highest BCUT2D eigenvalue weighted by atomic mass is 35.5. The summed E-state index contributed by atoms with van der Waals surface area (Å²) in [6.45, 7) is 4.56. The Bertz CT molecular complexity index is 617. The minimum atomic E-state index is 0. The van der Waals surface area contributed by atoms with Crippen LogP contribution in [0.1, 0.15) is 29.7 Å². The Labute approximate surface area is 139 Å². The Morgan fingerprint density at radius 2 is 1.95 bits per heavy atom. The van der Waals surface area contributed by atoms with Gasteiger partial charge in [-0.15, -0.1) is 12.4 Å². The molecule has 1 saturated heterocycles. The molecule has 0 bridgehead atoms. The largest absolute Gasteiger partial charge is 0.371 e. The molecule has 3 heteroatoms. The molecule has 2 nitrogen and oxygen atoms in total. The van der Waals surface area contributed by atoms with Crippen LogP contribution in [0.5, 0.6) is 0 Å². The first-order chi connectivity index (χ1) is 10.3. The maximum absolute atomic E-state index is 4.33. The molecular formula is C19H23ClN2. The highest BCUT2D eigenvalue weighted by Crippen LogP contribution is 2.26. The number of hydrogen-bond donors (Lipinski definition) is 0. The van der Waals surface area contributed by atoms with Gasteiger partial charge in [0.1, 0.15) is 0 Å². The molecule has 1 aromatic heterocycles. The lowest BCUT2D eigenvalue weighted by Gasteiger charge is -2.21. The van der Waals surface area contributed by atoms with Gasteiger partial charge in [-0.3, -0.25) is 4.98 Å². The molecule has 1 aromatic carbocycles. The van der Waals surface area contributed by atoms with Crippen molar-refractivity contribution in [1.29, 1.82) is 0 Å². The van der Waals surface area contributed by atoms with Crippen LogP contribution in [0, 0.1) is 6.92 Å². The van der Waals surface area contributed by atoms with Crippen LogP contribution in [0.3, 0.4) is 0 Å². The van der Waals surface area contributed by atoms with Crippen LogP contribution in [0.4, 0.5) is 5.69 Å². The number of aromatic nitrogens is 1. The molecule has 0 unspecified atom stereocenters. The summed E-state index contributed by atoms with van der Waals surface area (Å²) in [6, 6.07) is 12.8. The van der Waals surface area contributed by atoms with E-state index < -0.39 is 0 Å². The zero-order valence-electron chi connectivity index (χ0n) is 13.0. The molecule has 2 heterocycles. The predicted octanol–water partition coefficient (Wildman–Crippen LogP) is 4.67. The van der Waals surface area contributed by atoms with E-state index in [2.05, 4.69) is 47.2 Å². The molecular weight excluding hydrogens is 292 g/mol. The van der Waals surface area contributed by atoms with Gasteiger partial charge in [0.15, 0.2) is 0 Å². The highest BCUT2D eigenvalue weighted by molar-refractivity contribution is 5.85. The fourth-order valence-corrected chi connectivity index (χ4v) is 2.88. The third-order valence-corrected chi connectivity index (χ3v) is 4.00. The quantitative estimate of drug-likeness (QED) is 0.815. The Morgan fingerprint density at radius 3 is 2.68 bits per heavy atom. The molecule has 1 aliphatic rings. The van der Waals surface area contributed by atoms with E-state index in [0.29, 0.717) is 0 Å². The number of rotatable bonds is 4. The third kappa shape index (κ3) is 4.11. The molecule has 2 aromatic rings. The van der Waals surface area contributed by atoms with E-state index in [4.69, 9.17) is 0 Å². The lowest BCUT2D eigenvalue weighted by atomic mass is 10.1. The Morgan fingerprint density at radius 1 is 1.14 bits per heavy atom. The number of hydrogen-bond acceptors (Lipinski definition) is 2. The van der Waals surface area contributed by atoms with Gasteiger partial charge in [0.25, 0.3) is 0 Å². The van der Waals surface area contributed by atoms with Crippen molar-refractivity contribution in [2.75, 3.05) is 18.0 Å². The minimum Gasteiger partial charge on any atom is -0.371 e. The van der Waals surface area contributed by atoms with Crippen molar-refractivity contribution in [3.8, 4) is 0 Å². The number of halogens is 1. The predicted molar refractivity (Wildman–Crippen MR) is 96.8 cm³/mol. The molecule has 0 radical (unpaired) electrons. The lowest BCUT2D eigenvalue weighted by molar-refractivity contribution is 0.949. The van der Waals surface area contributed by atoms with Gasteiger partial charge in [0.05, 0.1) is 5.69 Å². The van der Waals surface area contributed by atoms with E-state index in [0.717, 1.165) is 12.1 Å². The fraction of sp³-hybridized carbons (Fsp3) is 0.316. The Kier molecular flexibility index (Phi) is 6.02. The second-order valence-corrected chi connectivity index (χ2v) is 5.69. The first kappa shape index (κ1) is 16.6. The summed E-state index contributed by atoms with van der Waals surface area (Å²) in [5, 5.41) is 0. The summed E-state index contributed by atoms with van der Waals surface area (Å²) in [5.74, 6) is 0. The average molecular weight is 315 g/mol. The van der Waals surface area contributed by atoms with E-state index >= 15 is 0 Å². The van der Waals surface area contributed by atoms with Crippen molar-refractivity contribution < 1.29 is 0 Å². The van der Waals surface area contributed by atoms with Gasteiger partial charge in [0, 0.05) is 25.0 Å². The van der Waals surface area contributed by atoms with Crippen LogP contribution in [-0.4, -0.2) is 18.1 Å². The summed E-state index contributed by atoms with van der Waals surface area (Å²) < 4.78 is 0. The maximum Gasteiger partial charge on any atom is 0.0626 e. The molecule has 0 saturated carbocycles. The van der Waals surface area contributed by atoms with Crippen LogP contribution in [0.15, 0.2) is 48.7 Å². The van der Waals surface area contributed by atoms with Crippen LogP contribution < -0.4 is 4.90 Å². The smallest absolute Gasteiger partial charge is 0.0626 e. The number of anilines is 1. The molecule has 0 N–H and O–H groups in total. The zero-order valence-corrected chi connectivity index (χ0v) is 13.9. The van der Waals surface area contributed by atoms with Gasteiger partial charge in [-0.1, -0.05) is 24.3 Å². The maximum atomic E-state index is 4.33. The van der Waals surface area contributed by atoms with E-state index in [9.17, 15) is 0 Å². The van der Waals surface area contributed by atoms with Crippen LogP contribution in [-0.2, 0) is 6.42 Å². The molecule has 1 fully saturated rings. The minimum absolute atomic E-state index is 0. The molecule has 0 atom stereocenters. The molecule has 116 valence electrons. The average Bonchev–Trinajstić information content (AvgIpc) is 3.04. The van der Waals surface area contributed by atoms with Crippen molar-refractivity contribution in [2.24, 2.45) is 0 Å². The summed E-state index contributed by atoms with van der Waals surface area (Å²) >= 11 is 0. The van der Waals surface area contributed by atoms with Gasteiger partial charge in [-0.2, -0.15) is 0 Å². The first-order valence-electron chi connectivity index (χ1n) is 7.75. The number of pyridine rings is 1. The highest BCUT2D eigenvalue weighted by Gasteiger charge is 2.15. The van der Waals surface area contributed by atoms with Crippen molar-refractivity contribution in [3.05, 3.63) is 65.5 Å². The fourth-order valence-electron chi connectivity index (χ4n) is 2.88. The molecule has 0 amide bonds. The Hall–Kier alpha value is -1.80. The first-order valence-corrected chi connectivity index (χ1v) is 7.75. The van der Waals surface area contributed by atoms with Gasteiger partial charge in [-0.25, -0.2) is 0 Å². The topological polar surface area (TPSA) is 16.1 Å². The van der Waals surface area contributed by atoms with Gasteiger partial charge in [0.2, 0.25) is 0 Å². The Balaban J connectivity index is 0.00000176. The van der Waals surface area contributed by atoms with Crippen LogP contribution in [0.25, 0.3) is 6.08 Å². The van der Waals surface area contributed by atoms with E-state index in [-0.39, 0.29) is 12.4 Å². The van der Waals surface area contributed by atoms with E-state index in [1.807, 2.05) is 24.4 Å². The summed E-state index contributed by atoms with van der Waals surface area (Å²) in [6.07, 6.45) is 9.75. The standard InChI is InChI=1S/C19H22N2.ClH/c1-16-10-11-17(19(15-16)21-13-4-5-14-21)7-6-9-18-8-2-3-12-20-18;/h2-3,6,8-12,15H,4-5,7,13-14H2,1H3;1H. The summed E-state index contributed by atoms with van der Waals surface area (Å²) in [4.78, 5) is 6.85. The van der Waals surface area contributed by atoms with E-state index in [1.54, 1.807) is 0 Å². The molecule has 0 spiro atoms. The van der Waals surface area contributed by atoms with Gasteiger partial charge >= 0.3 is 0 Å². The van der Waals surface area contributed by atoms with Crippen molar-refractivity contribution in [1.82, 2.24) is 4.98 Å². The second kappa shape index (κ2) is 8.00. The second-order valence-electron chi connectivity index (χ2n) is 5.69. The van der Waals surface area contributed by atoms with Crippen LogP contribution in [0.2, 0.25) is 0 Å². The van der Waals surface area contributed by atoms with Crippen molar-refractivity contribution in [2.45, 2.75) is 26.2 Å². The lowest BCUT2D eigenvalue weighted by Crippen LogP contribution is -2.19. The monoisotopic (exact) mass is 314 g/mol. The van der Waals surface area contributed by atoms with E-state index in [1.165, 1.54) is 42.7 Å². The molecule has 1 aliphatic heterocycles. The van der Waals surface area contributed by atoms with Crippen molar-refractivity contribution >= 4 is 24.2 Å². The summed E-state index contributed by atoms with van der Waals surface area (Å²) in [7, 11) is 0. The molecule has 22 heavy (non-hydrogen) atoms. The molecule has 3 rings (SSSR count). The summed E-state index contributed by atoms with van der Waals surface area (Å²) in [5.41, 5.74) is 5.19. The number of nitrogens with zero attached hydrogens (tertiary/aromatic N) is 2. The van der Waals surface area contributed by atoms with Crippen LogP contribution >= 0.6 is 12.4 Å². The van der Waals surface area contributed by atoms with Gasteiger partial charge < -0.3 is 4.90 Å². The number of allylic oxidation sites excluding steroid dienone is 1. The molecule has 0 aliphatic carbocycles. The van der Waals surface area contributed by atoms with Gasteiger partial charge in [-0.05, 0) is 61.6 Å². The number of benzene rings is 1. The zero-order chi connectivity index (χ0) is 14.5. The third-order valence-electron chi connectivity index (χ3n) is 4.00. The van der Waals surface area contributed by atoms with Crippen molar-refractivity contribution in [3.63, 3.8) is 0 Å². The number of aryl methyl sites for hydroxylation is 1. The normalized spacial score (nSPS) is 14.3.